The van der Waals surface area contributed by atoms with Crippen molar-refractivity contribution in [3.63, 3.8) is 0 Å². The average Bonchev–Trinajstić information content (AvgIpc) is 3.28. The summed E-state index contributed by atoms with van der Waals surface area (Å²) in [5.41, 5.74) is 2.72. The van der Waals surface area contributed by atoms with Crippen molar-refractivity contribution < 1.29 is 0 Å². The molecule has 1 saturated heterocycles. The predicted molar refractivity (Wildman–Crippen MR) is 97.1 cm³/mol. The number of likely N-dealkylation sites (tertiary alicyclic amines) is 1. The smallest absolute Gasteiger partial charge is 0.137 e. The van der Waals surface area contributed by atoms with E-state index in [9.17, 15) is 0 Å². The summed E-state index contributed by atoms with van der Waals surface area (Å²) in [7, 11) is 0. The van der Waals surface area contributed by atoms with Gasteiger partial charge in [0.2, 0.25) is 0 Å². The quantitative estimate of drug-likeness (QED) is 0.710. The first-order chi connectivity index (χ1) is 11.9. The Hall–Kier alpha value is -1.98. The van der Waals surface area contributed by atoms with Crippen LogP contribution in [0.3, 0.4) is 0 Å². The lowest BCUT2D eigenvalue weighted by Gasteiger charge is -2.32. The van der Waals surface area contributed by atoms with Crippen LogP contribution in [-0.2, 0) is 13.1 Å². The molecule has 0 bridgehead atoms. The number of hydrogen-bond donors (Lipinski definition) is 0. The topological polar surface area (TPSA) is 34.0 Å². The lowest BCUT2D eigenvalue weighted by Crippen LogP contribution is -2.34. The third-order valence-electron chi connectivity index (χ3n) is 4.70. The molecule has 0 radical (unpaired) electrons. The zero-order valence-electron chi connectivity index (χ0n) is 13.7. The molecule has 0 amide bonds. The van der Waals surface area contributed by atoms with Crippen LogP contribution in [0.15, 0.2) is 53.5 Å². The zero-order valence-corrected chi connectivity index (χ0v) is 14.5. The highest BCUT2D eigenvalue weighted by molar-refractivity contribution is 7.07. The molecule has 2 aromatic heterocycles. The fraction of sp³-hybridized carbons (Fsp3) is 0.368. The van der Waals surface area contributed by atoms with E-state index < -0.39 is 0 Å². The normalized spacial score (nSPS) is 18.8. The van der Waals surface area contributed by atoms with Gasteiger partial charge in [-0.2, -0.15) is 11.3 Å². The van der Waals surface area contributed by atoms with E-state index in [-0.39, 0.29) is 0 Å². The minimum absolute atomic E-state index is 0.476. The molecule has 3 aromatic rings. The second-order valence-electron chi connectivity index (χ2n) is 6.51. The van der Waals surface area contributed by atoms with E-state index in [4.69, 9.17) is 0 Å². The lowest BCUT2D eigenvalue weighted by atomic mass is 9.96. The van der Waals surface area contributed by atoms with Gasteiger partial charge in [0.15, 0.2) is 0 Å². The van der Waals surface area contributed by atoms with Crippen LogP contribution < -0.4 is 0 Å². The molecule has 1 atom stereocenters. The van der Waals surface area contributed by atoms with Gasteiger partial charge in [0.1, 0.15) is 12.2 Å². The molecule has 4 nitrogen and oxygen atoms in total. The maximum Gasteiger partial charge on any atom is 0.137 e. The molecule has 3 heterocycles. The minimum atomic E-state index is 0.476. The van der Waals surface area contributed by atoms with Crippen LogP contribution in [0.5, 0.6) is 0 Å². The average molecular weight is 338 g/mol. The van der Waals surface area contributed by atoms with E-state index in [1.54, 1.807) is 11.3 Å². The van der Waals surface area contributed by atoms with Crippen LogP contribution in [0.2, 0.25) is 0 Å². The van der Waals surface area contributed by atoms with Crippen LogP contribution in [0.25, 0.3) is 0 Å². The Bertz CT molecular complexity index is 751. The van der Waals surface area contributed by atoms with Crippen LogP contribution in [-0.4, -0.2) is 32.8 Å². The molecule has 1 unspecified atom stereocenters. The molecule has 0 spiro atoms. The number of piperidine rings is 1. The van der Waals surface area contributed by atoms with Crippen LogP contribution in [0, 0.1) is 0 Å². The van der Waals surface area contributed by atoms with Crippen LogP contribution in [0.4, 0.5) is 0 Å². The Morgan fingerprint density at radius 3 is 2.83 bits per heavy atom. The molecule has 0 saturated carbocycles. The molecule has 24 heavy (non-hydrogen) atoms. The van der Waals surface area contributed by atoms with Gasteiger partial charge in [-0.25, -0.2) is 0 Å². The minimum Gasteiger partial charge on any atom is -0.313 e. The van der Waals surface area contributed by atoms with Crippen LogP contribution in [0.1, 0.15) is 35.7 Å². The van der Waals surface area contributed by atoms with Gasteiger partial charge in [0.25, 0.3) is 0 Å². The van der Waals surface area contributed by atoms with E-state index in [1.807, 2.05) is 6.33 Å². The van der Waals surface area contributed by atoms with E-state index in [0.717, 1.165) is 25.5 Å². The molecular weight excluding hydrogens is 316 g/mol. The Kier molecular flexibility index (Phi) is 4.71. The van der Waals surface area contributed by atoms with Gasteiger partial charge in [-0.05, 0) is 47.3 Å². The Morgan fingerprint density at radius 2 is 2.00 bits per heavy atom. The summed E-state index contributed by atoms with van der Waals surface area (Å²) in [6.45, 7) is 4.15. The van der Waals surface area contributed by atoms with E-state index >= 15 is 0 Å². The van der Waals surface area contributed by atoms with Gasteiger partial charge in [0.05, 0.1) is 6.54 Å². The molecule has 1 aliphatic rings. The Balaban J connectivity index is 1.46. The second kappa shape index (κ2) is 7.28. The first-order valence-corrected chi connectivity index (χ1v) is 9.48. The summed E-state index contributed by atoms with van der Waals surface area (Å²) in [6.07, 6.45) is 4.31. The summed E-state index contributed by atoms with van der Waals surface area (Å²) in [6, 6.07) is 12.8. The van der Waals surface area contributed by atoms with Gasteiger partial charge < -0.3 is 4.57 Å². The highest BCUT2D eigenvalue weighted by atomic mass is 32.1. The lowest BCUT2D eigenvalue weighted by molar-refractivity contribution is 0.195. The molecule has 1 aromatic carbocycles. The number of hydrogen-bond acceptors (Lipinski definition) is 4. The summed E-state index contributed by atoms with van der Waals surface area (Å²) in [4.78, 5) is 2.55. The number of rotatable bonds is 5. The van der Waals surface area contributed by atoms with Gasteiger partial charge in [-0.1, -0.05) is 30.3 Å². The van der Waals surface area contributed by atoms with Crippen molar-refractivity contribution in [2.24, 2.45) is 0 Å². The summed E-state index contributed by atoms with van der Waals surface area (Å²) in [5.74, 6) is 1.61. The molecular formula is C19H22N4S. The first-order valence-electron chi connectivity index (χ1n) is 8.53. The summed E-state index contributed by atoms with van der Waals surface area (Å²) in [5, 5.41) is 13.1. The van der Waals surface area contributed by atoms with E-state index in [2.05, 4.69) is 66.8 Å². The number of nitrogens with zero attached hydrogens (tertiary/aromatic N) is 4. The third kappa shape index (κ3) is 3.57. The molecule has 1 fully saturated rings. The molecule has 4 rings (SSSR count). The zero-order chi connectivity index (χ0) is 16.2. The highest BCUT2D eigenvalue weighted by Crippen LogP contribution is 2.27. The highest BCUT2D eigenvalue weighted by Gasteiger charge is 2.25. The Morgan fingerprint density at radius 1 is 1.08 bits per heavy atom. The van der Waals surface area contributed by atoms with Crippen molar-refractivity contribution in [2.45, 2.75) is 31.8 Å². The molecule has 1 aliphatic heterocycles. The first kappa shape index (κ1) is 15.5. The van der Waals surface area contributed by atoms with Crippen molar-refractivity contribution in [3.8, 4) is 0 Å². The van der Waals surface area contributed by atoms with Gasteiger partial charge in [0, 0.05) is 19.0 Å². The molecule has 124 valence electrons. The van der Waals surface area contributed by atoms with Gasteiger partial charge >= 0.3 is 0 Å². The van der Waals surface area contributed by atoms with Crippen molar-refractivity contribution in [2.75, 3.05) is 13.1 Å². The van der Waals surface area contributed by atoms with Crippen LogP contribution >= 0.6 is 11.3 Å². The van der Waals surface area contributed by atoms with E-state index in [1.165, 1.54) is 30.5 Å². The molecule has 5 heteroatoms. The number of thiophene rings is 1. The summed E-state index contributed by atoms with van der Waals surface area (Å²) < 4.78 is 2.22. The molecule has 0 N–H and O–H groups in total. The van der Waals surface area contributed by atoms with Gasteiger partial charge in [-0.15, -0.1) is 10.2 Å². The van der Waals surface area contributed by atoms with Crippen molar-refractivity contribution >= 4 is 11.3 Å². The second-order valence-corrected chi connectivity index (χ2v) is 7.29. The van der Waals surface area contributed by atoms with Crippen molar-refractivity contribution in [1.82, 2.24) is 19.7 Å². The predicted octanol–water partition coefficient (Wildman–Crippen LogP) is 3.77. The molecule has 0 aliphatic carbocycles. The Labute approximate surface area is 146 Å². The van der Waals surface area contributed by atoms with E-state index in [0.29, 0.717) is 5.92 Å². The fourth-order valence-electron chi connectivity index (χ4n) is 3.53. The SMILES string of the molecule is c1ccc(Cn2cnnc2C2CCCN(Cc3ccsc3)C2)cc1. The standard InChI is InChI=1S/C19H22N4S/c1-2-5-16(6-3-1)12-23-15-20-21-19(23)18-7-4-9-22(13-18)11-17-8-10-24-14-17/h1-3,5-6,8,10,14-15,18H,4,7,9,11-13H2. The largest absolute Gasteiger partial charge is 0.313 e. The maximum atomic E-state index is 4.46. The number of aromatic nitrogens is 3. The fourth-order valence-corrected chi connectivity index (χ4v) is 4.19. The number of benzene rings is 1. The monoisotopic (exact) mass is 338 g/mol. The maximum absolute atomic E-state index is 4.46. The van der Waals surface area contributed by atoms with Crippen molar-refractivity contribution in [1.29, 1.82) is 0 Å². The van der Waals surface area contributed by atoms with Gasteiger partial charge in [-0.3, -0.25) is 4.90 Å². The third-order valence-corrected chi connectivity index (χ3v) is 5.43. The summed E-state index contributed by atoms with van der Waals surface area (Å²) >= 11 is 1.78. The van der Waals surface area contributed by atoms with Crippen molar-refractivity contribution in [3.05, 3.63) is 70.4 Å².